The molecular formula is C14H15Br2NS. The monoisotopic (exact) mass is 387 g/mol. The first-order chi connectivity index (χ1) is 8.47. The van der Waals surface area contributed by atoms with Gasteiger partial charge in [-0.2, -0.15) is 0 Å². The maximum absolute atomic E-state index is 6.30. The molecule has 1 heterocycles. The van der Waals surface area contributed by atoms with Crippen LogP contribution in [0.15, 0.2) is 32.5 Å². The second-order valence-corrected chi connectivity index (χ2v) is 7.21. The van der Waals surface area contributed by atoms with Gasteiger partial charge in [0.25, 0.3) is 0 Å². The molecule has 0 amide bonds. The molecule has 18 heavy (non-hydrogen) atoms. The van der Waals surface area contributed by atoms with E-state index in [-0.39, 0.29) is 6.04 Å². The van der Waals surface area contributed by atoms with Crippen molar-refractivity contribution in [1.82, 2.24) is 0 Å². The Hall–Kier alpha value is -0.160. The van der Waals surface area contributed by atoms with Gasteiger partial charge in [0.15, 0.2) is 0 Å². The van der Waals surface area contributed by atoms with Crippen molar-refractivity contribution in [1.29, 1.82) is 0 Å². The summed E-state index contributed by atoms with van der Waals surface area (Å²) in [5.41, 5.74) is 9.99. The van der Waals surface area contributed by atoms with Gasteiger partial charge in [0.2, 0.25) is 0 Å². The first-order valence-electron chi connectivity index (χ1n) is 5.72. The molecule has 96 valence electrons. The summed E-state index contributed by atoms with van der Waals surface area (Å²) in [7, 11) is 0. The SMILES string of the molecule is Cc1cc(C(N)Cc2cc(Br)cs2)cc(C)c1Br. The lowest BCUT2D eigenvalue weighted by Crippen LogP contribution is -2.13. The van der Waals surface area contributed by atoms with Gasteiger partial charge < -0.3 is 5.73 Å². The molecular weight excluding hydrogens is 374 g/mol. The molecule has 1 aromatic carbocycles. The van der Waals surface area contributed by atoms with E-state index >= 15 is 0 Å². The van der Waals surface area contributed by atoms with E-state index in [1.54, 1.807) is 11.3 Å². The molecule has 1 atom stereocenters. The summed E-state index contributed by atoms with van der Waals surface area (Å²) in [4.78, 5) is 1.31. The number of hydrogen-bond acceptors (Lipinski definition) is 2. The maximum Gasteiger partial charge on any atom is 0.0343 e. The van der Waals surface area contributed by atoms with Gasteiger partial charge in [0, 0.05) is 31.7 Å². The molecule has 4 heteroatoms. The molecule has 0 fully saturated rings. The van der Waals surface area contributed by atoms with Crippen molar-refractivity contribution in [2.45, 2.75) is 26.3 Å². The first kappa shape index (κ1) is 14.3. The summed E-state index contributed by atoms with van der Waals surface area (Å²) >= 11 is 8.81. The molecule has 2 rings (SSSR count). The highest BCUT2D eigenvalue weighted by molar-refractivity contribution is 9.10. The normalized spacial score (nSPS) is 12.7. The van der Waals surface area contributed by atoms with Gasteiger partial charge in [-0.1, -0.05) is 28.1 Å². The van der Waals surface area contributed by atoms with Crippen LogP contribution in [-0.2, 0) is 6.42 Å². The molecule has 0 spiro atoms. The standard InChI is InChI=1S/C14H15Br2NS/c1-8-3-10(4-9(2)14(8)16)13(17)6-12-5-11(15)7-18-12/h3-5,7,13H,6,17H2,1-2H3. The summed E-state index contributed by atoms with van der Waals surface area (Å²) in [6, 6.07) is 6.54. The largest absolute Gasteiger partial charge is 0.324 e. The Kier molecular flexibility index (Phi) is 4.64. The minimum atomic E-state index is 0.0565. The highest BCUT2D eigenvalue weighted by Gasteiger charge is 2.11. The zero-order valence-corrected chi connectivity index (χ0v) is 14.3. The lowest BCUT2D eigenvalue weighted by Gasteiger charge is -2.14. The summed E-state index contributed by atoms with van der Waals surface area (Å²) < 4.78 is 2.31. The maximum atomic E-state index is 6.30. The van der Waals surface area contributed by atoms with Crippen molar-refractivity contribution in [3.05, 3.63) is 54.1 Å². The van der Waals surface area contributed by atoms with Crippen molar-refractivity contribution < 1.29 is 0 Å². The van der Waals surface area contributed by atoms with Crippen molar-refractivity contribution in [2.24, 2.45) is 5.73 Å². The second-order valence-electron chi connectivity index (χ2n) is 4.51. The minimum absolute atomic E-state index is 0.0565. The van der Waals surface area contributed by atoms with Crippen molar-refractivity contribution >= 4 is 43.2 Å². The number of thiophene rings is 1. The molecule has 0 saturated carbocycles. The molecule has 0 bridgehead atoms. The quantitative estimate of drug-likeness (QED) is 0.774. The Morgan fingerprint density at radius 3 is 2.28 bits per heavy atom. The van der Waals surface area contributed by atoms with Crippen LogP contribution in [0.4, 0.5) is 0 Å². The number of aryl methyl sites for hydroxylation is 2. The number of benzene rings is 1. The van der Waals surface area contributed by atoms with E-state index in [1.165, 1.54) is 26.0 Å². The third-order valence-electron chi connectivity index (χ3n) is 2.93. The fourth-order valence-electron chi connectivity index (χ4n) is 1.99. The Balaban J connectivity index is 2.21. The van der Waals surface area contributed by atoms with Crippen molar-refractivity contribution in [2.75, 3.05) is 0 Å². The van der Waals surface area contributed by atoms with Gasteiger partial charge in [-0.05, 0) is 52.5 Å². The number of hydrogen-bond donors (Lipinski definition) is 1. The Morgan fingerprint density at radius 1 is 1.17 bits per heavy atom. The van der Waals surface area contributed by atoms with Gasteiger partial charge in [-0.15, -0.1) is 11.3 Å². The van der Waals surface area contributed by atoms with Crippen LogP contribution < -0.4 is 5.73 Å². The van der Waals surface area contributed by atoms with Crippen LogP contribution in [-0.4, -0.2) is 0 Å². The predicted molar refractivity (Wildman–Crippen MR) is 86.3 cm³/mol. The van der Waals surface area contributed by atoms with Crippen LogP contribution in [0.1, 0.15) is 27.6 Å². The van der Waals surface area contributed by atoms with E-state index in [0.717, 1.165) is 10.9 Å². The number of halogens is 2. The lowest BCUT2D eigenvalue weighted by atomic mass is 9.99. The van der Waals surface area contributed by atoms with Crippen LogP contribution in [0, 0.1) is 13.8 Å². The average molecular weight is 389 g/mol. The Labute approximate surface area is 129 Å². The van der Waals surface area contributed by atoms with E-state index in [2.05, 4.69) is 69.3 Å². The van der Waals surface area contributed by atoms with Gasteiger partial charge in [0.1, 0.15) is 0 Å². The van der Waals surface area contributed by atoms with Gasteiger partial charge in [0.05, 0.1) is 0 Å². The van der Waals surface area contributed by atoms with Crippen LogP contribution >= 0.6 is 43.2 Å². The van der Waals surface area contributed by atoms with Crippen LogP contribution in [0.25, 0.3) is 0 Å². The predicted octanol–water partition coefficient (Wildman–Crippen LogP) is 5.13. The molecule has 1 unspecified atom stereocenters. The molecule has 1 aromatic heterocycles. The Morgan fingerprint density at radius 2 is 1.78 bits per heavy atom. The molecule has 0 saturated heterocycles. The summed E-state index contributed by atoms with van der Waals surface area (Å²) in [5.74, 6) is 0. The van der Waals surface area contributed by atoms with Gasteiger partial charge in [-0.3, -0.25) is 0 Å². The fourth-order valence-corrected chi connectivity index (χ4v) is 3.73. The number of nitrogens with two attached hydrogens (primary N) is 1. The topological polar surface area (TPSA) is 26.0 Å². The molecule has 2 N–H and O–H groups in total. The molecule has 1 nitrogen and oxygen atoms in total. The minimum Gasteiger partial charge on any atom is -0.324 e. The zero-order valence-electron chi connectivity index (χ0n) is 10.3. The summed E-state index contributed by atoms with van der Waals surface area (Å²) in [6.45, 7) is 4.21. The van der Waals surface area contributed by atoms with E-state index < -0.39 is 0 Å². The van der Waals surface area contributed by atoms with Crippen LogP contribution in [0.3, 0.4) is 0 Å². The smallest absolute Gasteiger partial charge is 0.0343 e. The van der Waals surface area contributed by atoms with Crippen molar-refractivity contribution in [3.63, 3.8) is 0 Å². The Bertz CT molecular complexity index is 540. The summed E-state index contributed by atoms with van der Waals surface area (Å²) in [6.07, 6.45) is 0.886. The molecule has 0 aliphatic rings. The van der Waals surface area contributed by atoms with Gasteiger partial charge in [-0.25, -0.2) is 0 Å². The van der Waals surface area contributed by atoms with E-state index in [1.807, 2.05) is 0 Å². The summed E-state index contributed by atoms with van der Waals surface area (Å²) in [5, 5.41) is 2.10. The molecule has 0 radical (unpaired) electrons. The third-order valence-corrected chi connectivity index (χ3v) is 5.90. The molecule has 0 aliphatic heterocycles. The molecule has 2 aromatic rings. The molecule has 0 aliphatic carbocycles. The first-order valence-corrected chi connectivity index (χ1v) is 8.19. The van der Waals surface area contributed by atoms with E-state index in [4.69, 9.17) is 5.73 Å². The highest BCUT2D eigenvalue weighted by Crippen LogP contribution is 2.28. The zero-order chi connectivity index (χ0) is 13.3. The number of rotatable bonds is 3. The second kappa shape index (κ2) is 5.87. The fraction of sp³-hybridized carbons (Fsp3) is 0.286. The van der Waals surface area contributed by atoms with Gasteiger partial charge >= 0.3 is 0 Å². The highest BCUT2D eigenvalue weighted by atomic mass is 79.9. The third kappa shape index (κ3) is 3.23. The average Bonchev–Trinajstić information content (AvgIpc) is 2.71. The van der Waals surface area contributed by atoms with E-state index in [9.17, 15) is 0 Å². The van der Waals surface area contributed by atoms with Crippen LogP contribution in [0.2, 0.25) is 0 Å². The van der Waals surface area contributed by atoms with Crippen LogP contribution in [0.5, 0.6) is 0 Å². The van der Waals surface area contributed by atoms with Crippen molar-refractivity contribution in [3.8, 4) is 0 Å². The lowest BCUT2D eigenvalue weighted by molar-refractivity contribution is 0.728. The van der Waals surface area contributed by atoms with E-state index in [0.29, 0.717) is 0 Å².